The molecule has 0 aromatic heterocycles. The molecular weight excluding hydrogens is 264 g/mol. The number of phenolic OH excluding ortho intramolecular Hbond substituents is 1. The number of hydrogen-bond acceptors (Lipinski definition) is 3. The maximum absolute atomic E-state index is 11.3. The number of rotatable bonds is 3. The van der Waals surface area contributed by atoms with E-state index < -0.39 is 0 Å². The van der Waals surface area contributed by atoms with Gasteiger partial charge in [0.25, 0.3) is 0 Å². The first-order chi connectivity index (χ1) is 10.2. The van der Waals surface area contributed by atoms with Crippen molar-refractivity contribution < 1.29 is 14.6 Å². The van der Waals surface area contributed by atoms with Crippen LogP contribution in [0.2, 0.25) is 0 Å². The van der Waals surface area contributed by atoms with E-state index in [-0.39, 0.29) is 11.3 Å². The van der Waals surface area contributed by atoms with Crippen molar-refractivity contribution in [2.75, 3.05) is 7.11 Å². The highest BCUT2D eigenvalue weighted by molar-refractivity contribution is 5.95. The molecule has 3 rings (SSSR count). The fourth-order valence-electron chi connectivity index (χ4n) is 2.48. The van der Waals surface area contributed by atoms with E-state index >= 15 is 0 Å². The fourth-order valence-corrected chi connectivity index (χ4v) is 2.48. The van der Waals surface area contributed by atoms with E-state index in [0.29, 0.717) is 17.6 Å². The minimum Gasteiger partial charge on any atom is -0.504 e. The lowest BCUT2D eigenvalue weighted by Gasteiger charge is -2.11. The minimum atomic E-state index is -0.127. The van der Waals surface area contributed by atoms with Crippen molar-refractivity contribution >= 4 is 17.1 Å². The summed E-state index contributed by atoms with van der Waals surface area (Å²) in [5.41, 5.74) is 1.81. The second kappa shape index (κ2) is 5.29. The molecule has 0 fully saturated rings. The number of carbonyl (C=O) groups excluding carboxylic acids is 1. The van der Waals surface area contributed by atoms with Crippen LogP contribution in [0.3, 0.4) is 0 Å². The summed E-state index contributed by atoms with van der Waals surface area (Å²) in [6.45, 7) is 0. The first kappa shape index (κ1) is 13.2. The highest BCUT2D eigenvalue weighted by Crippen LogP contribution is 2.36. The van der Waals surface area contributed by atoms with E-state index in [0.717, 1.165) is 16.3 Å². The average Bonchev–Trinajstić information content (AvgIpc) is 2.54. The molecule has 0 radical (unpaired) electrons. The fraction of sp³-hybridized carbons (Fsp3) is 0.0556. The number of aromatic hydroxyl groups is 1. The Morgan fingerprint density at radius 3 is 2.48 bits per heavy atom. The third kappa shape index (κ3) is 2.23. The molecule has 3 nitrogen and oxygen atoms in total. The van der Waals surface area contributed by atoms with Gasteiger partial charge in [0.2, 0.25) is 0 Å². The minimum absolute atomic E-state index is 0.127. The van der Waals surface area contributed by atoms with Gasteiger partial charge in [-0.05, 0) is 40.1 Å². The zero-order chi connectivity index (χ0) is 14.8. The van der Waals surface area contributed by atoms with Crippen LogP contribution in [0, 0.1) is 0 Å². The molecule has 0 aliphatic heterocycles. The van der Waals surface area contributed by atoms with Crippen LogP contribution >= 0.6 is 0 Å². The molecule has 0 aliphatic rings. The Kier molecular flexibility index (Phi) is 3.32. The summed E-state index contributed by atoms with van der Waals surface area (Å²) in [7, 11) is 1.46. The van der Waals surface area contributed by atoms with Crippen LogP contribution in [0.25, 0.3) is 21.9 Å². The number of aldehydes is 1. The molecule has 21 heavy (non-hydrogen) atoms. The summed E-state index contributed by atoms with van der Waals surface area (Å²) in [5.74, 6) is 0.166. The second-order valence-corrected chi connectivity index (χ2v) is 4.76. The van der Waals surface area contributed by atoms with Gasteiger partial charge in [-0.25, -0.2) is 0 Å². The number of carbonyl (C=O) groups is 1. The largest absolute Gasteiger partial charge is 0.504 e. The van der Waals surface area contributed by atoms with E-state index in [9.17, 15) is 9.90 Å². The molecule has 0 saturated heterocycles. The van der Waals surface area contributed by atoms with E-state index in [1.54, 1.807) is 12.1 Å². The predicted molar refractivity (Wildman–Crippen MR) is 83.0 cm³/mol. The first-order valence-electron chi connectivity index (χ1n) is 6.59. The molecule has 104 valence electrons. The molecule has 1 N–H and O–H groups in total. The maximum Gasteiger partial charge on any atom is 0.169 e. The normalized spacial score (nSPS) is 10.5. The predicted octanol–water partition coefficient (Wildman–Crippen LogP) is 4.03. The summed E-state index contributed by atoms with van der Waals surface area (Å²) >= 11 is 0. The van der Waals surface area contributed by atoms with Crippen molar-refractivity contribution in [3.63, 3.8) is 0 Å². The molecule has 0 bridgehead atoms. The second-order valence-electron chi connectivity index (χ2n) is 4.76. The van der Waals surface area contributed by atoms with Gasteiger partial charge in [-0.15, -0.1) is 0 Å². The monoisotopic (exact) mass is 278 g/mol. The first-order valence-corrected chi connectivity index (χ1v) is 6.59. The van der Waals surface area contributed by atoms with Crippen LogP contribution in [0.1, 0.15) is 10.4 Å². The standard InChI is InChI=1S/C18H14O3/c1-21-17-9-8-15(16(11-19)18(17)20)14-7-6-12-4-2-3-5-13(12)10-14/h2-11,20H,1H3. The number of methoxy groups -OCH3 is 1. The lowest BCUT2D eigenvalue weighted by atomic mass is 9.97. The Morgan fingerprint density at radius 2 is 1.76 bits per heavy atom. The molecule has 3 heteroatoms. The molecule has 0 aliphatic carbocycles. The summed E-state index contributed by atoms with van der Waals surface area (Å²) in [6.07, 6.45) is 0.655. The SMILES string of the molecule is COc1ccc(-c2ccc3ccccc3c2)c(C=O)c1O. The number of benzene rings is 3. The number of ether oxygens (including phenoxy) is 1. The molecule has 0 heterocycles. The Hall–Kier alpha value is -2.81. The third-order valence-electron chi connectivity index (χ3n) is 3.58. The molecule has 0 unspecified atom stereocenters. The van der Waals surface area contributed by atoms with Gasteiger partial charge in [0.15, 0.2) is 17.8 Å². The molecule has 3 aromatic carbocycles. The van der Waals surface area contributed by atoms with Gasteiger partial charge in [0.1, 0.15) is 0 Å². The van der Waals surface area contributed by atoms with Gasteiger partial charge in [0, 0.05) is 0 Å². The van der Waals surface area contributed by atoms with Gasteiger partial charge >= 0.3 is 0 Å². The molecule has 0 amide bonds. The van der Waals surface area contributed by atoms with E-state index in [1.807, 2.05) is 42.5 Å². The average molecular weight is 278 g/mol. The van der Waals surface area contributed by atoms with E-state index in [2.05, 4.69) is 0 Å². The van der Waals surface area contributed by atoms with Crippen LogP contribution in [0.5, 0.6) is 11.5 Å². The lowest BCUT2D eigenvalue weighted by molar-refractivity contribution is 0.112. The van der Waals surface area contributed by atoms with E-state index in [4.69, 9.17) is 4.74 Å². The van der Waals surface area contributed by atoms with Crippen LogP contribution in [0.4, 0.5) is 0 Å². The van der Waals surface area contributed by atoms with Crippen molar-refractivity contribution in [2.45, 2.75) is 0 Å². The highest BCUT2D eigenvalue weighted by Gasteiger charge is 2.14. The molecule has 0 spiro atoms. The van der Waals surface area contributed by atoms with Gasteiger partial charge < -0.3 is 9.84 Å². The van der Waals surface area contributed by atoms with Gasteiger partial charge in [-0.1, -0.05) is 36.4 Å². The quantitative estimate of drug-likeness (QED) is 0.736. The summed E-state index contributed by atoms with van der Waals surface area (Å²) < 4.78 is 5.04. The van der Waals surface area contributed by atoms with E-state index in [1.165, 1.54) is 7.11 Å². The summed E-state index contributed by atoms with van der Waals surface area (Å²) in [6, 6.07) is 17.4. The summed E-state index contributed by atoms with van der Waals surface area (Å²) in [5, 5.41) is 12.3. The van der Waals surface area contributed by atoms with Crippen molar-refractivity contribution in [1.82, 2.24) is 0 Å². The number of hydrogen-bond donors (Lipinski definition) is 1. The van der Waals surface area contributed by atoms with Crippen molar-refractivity contribution in [3.05, 3.63) is 60.2 Å². The number of phenols is 1. The smallest absolute Gasteiger partial charge is 0.169 e. The zero-order valence-corrected chi connectivity index (χ0v) is 11.5. The summed E-state index contributed by atoms with van der Waals surface area (Å²) in [4.78, 5) is 11.3. The molecule has 0 atom stereocenters. The zero-order valence-electron chi connectivity index (χ0n) is 11.5. The lowest BCUT2D eigenvalue weighted by Crippen LogP contribution is -1.92. The Bertz CT molecular complexity index is 822. The van der Waals surface area contributed by atoms with Gasteiger partial charge in [-0.2, -0.15) is 0 Å². The third-order valence-corrected chi connectivity index (χ3v) is 3.58. The Balaban J connectivity index is 2.22. The van der Waals surface area contributed by atoms with Crippen LogP contribution in [-0.4, -0.2) is 18.5 Å². The van der Waals surface area contributed by atoms with Crippen LogP contribution in [-0.2, 0) is 0 Å². The Labute approximate surface area is 122 Å². The van der Waals surface area contributed by atoms with Crippen molar-refractivity contribution in [1.29, 1.82) is 0 Å². The number of fused-ring (bicyclic) bond motifs is 1. The molecule has 3 aromatic rings. The highest BCUT2D eigenvalue weighted by atomic mass is 16.5. The van der Waals surface area contributed by atoms with Crippen molar-refractivity contribution in [2.24, 2.45) is 0 Å². The van der Waals surface area contributed by atoms with Crippen molar-refractivity contribution in [3.8, 4) is 22.6 Å². The molecule has 0 saturated carbocycles. The van der Waals surface area contributed by atoms with Crippen LogP contribution < -0.4 is 4.74 Å². The molecular formula is C18H14O3. The topological polar surface area (TPSA) is 46.5 Å². The maximum atomic E-state index is 11.3. The van der Waals surface area contributed by atoms with Crippen LogP contribution in [0.15, 0.2) is 54.6 Å². The van der Waals surface area contributed by atoms with Gasteiger partial charge in [-0.3, -0.25) is 4.79 Å². The van der Waals surface area contributed by atoms with Gasteiger partial charge in [0.05, 0.1) is 12.7 Å². The Morgan fingerprint density at radius 1 is 1.00 bits per heavy atom.